The summed E-state index contributed by atoms with van der Waals surface area (Å²) in [5.41, 5.74) is 0. The fourth-order valence-electron chi connectivity index (χ4n) is 1.82. The second-order valence-electron chi connectivity index (χ2n) is 5.41. The molecular weight excluding hydrogens is 250 g/mol. The molecule has 0 aromatic heterocycles. The fourth-order valence-corrected chi connectivity index (χ4v) is 1.82. The number of carboxylic acid groups (broad SMARTS) is 2. The lowest BCUT2D eigenvalue weighted by Gasteiger charge is -2.33. The Labute approximate surface area is 113 Å². The molecule has 1 amide bonds. The van der Waals surface area contributed by atoms with Crippen LogP contribution in [-0.2, 0) is 14.4 Å². The number of nitrogens with zero attached hydrogens (tertiary/aromatic N) is 1. The zero-order chi connectivity index (χ0) is 15.3. The van der Waals surface area contributed by atoms with Gasteiger partial charge in [-0.15, -0.1) is 0 Å². The van der Waals surface area contributed by atoms with Crippen molar-refractivity contribution in [1.82, 2.24) is 4.90 Å². The first-order chi connectivity index (χ1) is 8.59. The molecule has 0 spiro atoms. The highest BCUT2D eigenvalue weighted by molar-refractivity contribution is 5.85. The van der Waals surface area contributed by atoms with E-state index in [1.165, 1.54) is 11.8 Å². The molecule has 110 valence electrons. The van der Waals surface area contributed by atoms with Crippen LogP contribution in [0, 0.1) is 17.8 Å². The molecule has 0 aromatic rings. The molecule has 0 aliphatic carbocycles. The van der Waals surface area contributed by atoms with Gasteiger partial charge in [-0.2, -0.15) is 0 Å². The zero-order valence-electron chi connectivity index (χ0n) is 12.1. The molecule has 0 aliphatic heterocycles. The monoisotopic (exact) mass is 273 g/mol. The Morgan fingerprint density at radius 3 is 1.68 bits per heavy atom. The van der Waals surface area contributed by atoms with Crippen molar-refractivity contribution in [1.29, 1.82) is 0 Å². The number of carbonyl (C=O) groups excluding carboxylic acids is 1. The minimum Gasteiger partial charge on any atom is -0.481 e. The van der Waals surface area contributed by atoms with E-state index in [1.807, 2.05) is 0 Å². The number of hydrogen-bond acceptors (Lipinski definition) is 3. The van der Waals surface area contributed by atoms with Crippen molar-refractivity contribution >= 4 is 17.8 Å². The quantitative estimate of drug-likeness (QED) is 0.729. The molecule has 6 nitrogen and oxygen atoms in total. The van der Waals surface area contributed by atoms with E-state index in [9.17, 15) is 19.5 Å². The van der Waals surface area contributed by atoms with E-state index < -0.39 is 23.9 Å². The second kappa shape index (κ2) is 7.11. The summed E-state index contributed by atoms with van der Waals surface area (Å²) in [6, 6.07) is -1.00. The molecule has 2 N–H and O–H groups in total. The Morgan fingerprint density at radius 1 is 0.947 bits per heavy atom. The molecule has 0 saturated carbocycles. The van der Waals surface area contributed by atoms with Crippen molar-refractivity contribution in [2.45, 2.75) is 40.7 Å². The van der Waals surface area contributed by atoms with Gasteiger partial charge in [-0.25, -0.2) is 4.79 Å². The van der Waals surface area contributed by atoms with E-state index in [4.69, 9.17) is 5.11 Å². The van der Waals surface area contributed by atoms with Gasteiger partial charge in [-0.3, -0.25) is 9.59 Å². The average molecular weight is 273 g/mol. The molecule has 0 aromatic carbocycles. The molecule has 0 aliphatic rings. The van der Waals surface area contributed by atoms with Crippen LogP contribution in [0.5, 0.6) is 0 Å². The minimum absolute atomic E-state index is 0.0957. The number of hydrogen-bond donors (Lipinski definition) is 2. The van der Waals surface area contributed by atoms with E-state index in [-0.39, 0.29) is 24.3 Å². The summed E-state index contributed by atoms with van der Waals surface area (Å²) in [4.78, 5) is 35.5. The Kier molecular flexibility index (Phi) is 6.52. The van der Waals surface area contributed by atoms with Gasteiger partial charge in [0.1, 0.15) is 6.04 Å². The van der Waals surface area contributed by atoms with Crippen LogP contribution in [-0.4, -0.2) is 45.5 Å². The van der Waals surface area contributed by atoms with Crippen LogP contribution in [0.1, 0.15) is 34.6 Å². The van der Waals surface area contributed by atoms with Gasteiger partial charge in [0.05, 0.1) is 5.92 Å². The summed E-state index contributed by atoms with van der Waals surface area (Å²) >= 11 is 0. The molecule has 0 rings (SSSR count). The summed E-state index contributed by atoms with van der Waals surface area (Å²) < 4.78 is 0. The lowest BCUT2D eigenvalue weighted by molar-refractivity contribution is -0.156. The number of carboxylic acids is 2. The molecule has 0 saturated heterocycles. The van der Waals surface area contributed by atoms with Gasteiger partial charge in [-0.1, -0.05) is 34.6 Å². The lowest BCUT2D eigenvalue weighted by Crippen LogP contribution is -2.51. The topological polar surface area (TPSA) is 94.9 Å². The van der Waals surface area contributed by atoms with Crippen molar-refractivity contribution < 1.29 is 24.6 Å². The summed E-state index contributed by atoms with van der Waals surface area (Å²) in [5.74, 6) is -3.96. The molecule has 0 fully saturated rings. The molecule has 19 heavy (non-hydrogen) atoms. The predicted octanol–water partition coefficient (Wildman–Crippen LogP) is 1.30. The largest absolute Gasteiger partial charge is 0.481 e. The first-order valence-corrected chi connectivity index (χ1v) is 6.35. The molecule has 2 atom stereocenters. The van der Waals surface area contributed by atoms with Crippen LogP contribution < -0.4 is 0 Å². The van der Waals surface area contributed by atoms with E-state index >= 15 is 0 Å². The number of aliphatic carboxylic acids is 2. The van der Waals surface area contributed by atoms with Crippen molar-refractivity contribution in [2.24, 2.45) is 17.8 Å². The molecule has 0 bridgehead atoms. The third-order valence-electron chi connectivity index (χ3n) is 2.89. The van der Waals surface area contributed by atoms with Gasteiger partial charge in [0.25, 0.3) is 0 Å². The number of carbonyl (C=O) groups is 3. The Hall–Kier alpha value is -1.59. The van der Waals surface area contributed by atoms with Crippen LogP contribution in [0.3, 0.4) is 0 Å². The van der Waals surface area contributed by atoms with Crippen molar-refractivity contribution in [3.63, 3.8) is 0 Å². The molecule has 0 heterocycles. The summed E-state index contributed by atoms with van der Waals surface area (Å²) in [6.45, 7) is 8.10. The first kappa shape index (κ1) is 17.4. The minimum atomic E-state index is -1.11. The van der Waals surface area contributed by atoms with Crippen LogP contribution in [0.4, 0.5) is 0 Å². The lowest BCUT2D eigenvalue weighted by atomic mass is 9.99. The normalized spacial score (nSPS) is 14.3. The molecule has 2 unspecified atom stereocenters. The van der Waals surface area contributed by atoms with Crippen LogP contribution in [0.15, 0.2) is 0 Å². The van der Waals surface area contributed by atoms with E-state index in [1.54, 1.807) is 27.7 Å². The number of rotatable bonds is 7. The Bertz CT molecular complexity index is 351. The highest BCUT2D eigenvalue weighted by Crippen LogP contribution is 2.17. The first-order valence-electron chi connectivity index (χ1n) is 6.35. The average Bonchev–Trinajstić information content (AvgIpc) is 2.25. The molecule has 6 heteroatoms. The Balaban J connectivity index is 5.31. The van der Waals surface area contributed by atoms with Gasteiger partial charge in [0.15, 0.2) is 0 Å². The Morgan fingerprint density at radius 2 is 1.42 bits per heavy atom. The van der Waals surface area contributed by atoms with Gasteiger partial charge >= 0.3 is 11.9 Å². The SMILES string of the molecule is CC(C)C(=O)N(CC(C)C(=O)O)C(C(=O)O)C(C)C. The third-order valence-corrected chi connectivity index (χ3v) is 2.89. The smallest absolute Gasteiger partial charge is 0.326 e. The fraction of sp³-hybridized carbons (Fsp3) is 0.769. The second-order valence-corrected chi connectivity index (χ2v) is 5.41. The van der Waals surface area contributed by atoms with Crippen molar-refractivity contribution in [3.05, 3.63) is 0 Å². The maximum absolute atomic E-state index is 12.1. The maximum atomic E-state index is 12.1. The van der Waals surface area contributed by atoms with Gasteiger partial charge in [-0.05, 0) is 5.92 Å². The standard InChI is InChI=1S/C13H23NO5/c1-7(2)10(13(18)19)14(11(15)8(3)4)6-9(5)12(16)17/h7-10H,6H2,1-5H3,(H,16,17)(H,18,19). The van der Waals surface area contributed by atoms with E-state index in [2.05, 4.69) is 0 Å². The van der Waals surface area contributed by atoms with Crippen molar-refractivity contribution in [2.75, 3.05) is 6.54 Å². The zero-order valence-corrected chi connectivity index (χ0v) is 12.1. The van der Waals surface area contributed by atoms with E-state index in [0.717, 1.165) is 0 Å². The summed E-state index contributed by atoms with van der Waals surface area (Å²) in [5, 5.41) is 18.2. The molecular formula is C13H23NO5. The third kappa shape index (κ3) is 4.89. The summed E-state index contributed by atoms with van der Waals surface area (Å²) in [7, 11) is 0. The highest BCUT2D eigenvalue weighted by Gasteiger charge is 2.35. The van der Waals surface area contributed by atoms with Gasteiger partial charge in [0.2, 0.25) is 5.91 Å². The van der Waals surface area contributed by atoms with Crippen molar-refractivity contribution in [3.8, 4) is 0 Å². The van der Waals surface area contributed by atoms with Crippen LogP contribution >= 0.6 is 0 Å². The highest BCUT2D eigenvalue weighted by atomic mass is 16.4. The van der Waals surface area contributed by atoms with Gasteiger partial charge < -0.3 is 15.1 Å². The van der Waals surface area contributed by atoms with Crippen LogP contribution in [0.2, 0.25) is 0 Å². The van der Waals surface area contributed by atoms with E-state index in [0.29, 0.717) is 0 Å². The maximum Gasteiger partial charge on any atom is 0.326 e. The summed E-state index contributed by atoms with van der Waals surface area (Å²) in [6.07, 6.45) is 0. The molecule has 0 radical (unpaired) electrons. The van der Waals surface area contributed by atoms with Gasteiger partial charge in [0, 0.05) is 12.5 Å². The predicted molar refractivity (Wildman–Crippen MR) is 69.6 cm³/mol. The number of amides is 1. The van der Waals surface area contributed by atoms with Crippen LogP contribution in [0.25, 0.3) is 0 Å².